The number of hydrogen-bond acceptors (Lipinski definition) is 8. The van der Waals surface area contributed by atoms with Gasteiger partial charge in [-0.2, -0.15) is 18.5 Å². The second-order valence-corrected chi connectivity index (χ2v) is 7.91. The van der Waals surface area contributed by atoms with Gasteiger partial charge in [0.2, 0.25) is 11.9 Å². The molecular formula is C23H30N6O3S. The Morgan fingerprint density at radius 3 is 2.64 bits per heavy atom. The van der Waals surface area contributed by atoms with Crippen molar-refractivity contribution in [2.45, 2.75) is 53.3 Å². The van der Waals surface area contributed by atoms with E-state index in [0.717, 1.165) is 40.4 Å². The Labute approximate surface area is 200 Å². The zero-order chi connectivity index (χ0) is 22.8. The number of nitrogens with zero attached hydrogens (tertiary/aromatic N) is 4. The Kier molecular flexibility index (Phi) is 7.47. The Morgan fingerprint density at radius 2 is 1.94 bits per heavy atom. The second-order valence-electron chi connectivity index (χ2n) is 7.91. The van der Waals surface area contributed by atoms with Gasteiger partial charge in [0.1, 0.15) is 29.8 Å². The third kappa shape index (κ3) is 5.05. The van der Waals surface area contributed by atoms with Crippen molar-refractivity contribution in [2.75, 3.05) is 22.6 Å². The van der Waals surface area contributed by atoms with Crippen LogP contribution in [0.15, 0.2) is 28.8 Å². The first-order chi connectivity index (χ1) is 15.4. The van der Waals surface area contributed by atoms with Crippen LogP contribution in [0.2, 0.25) is 0 Å². The van der Waals surface area contributed by atoms with Gasteiger partial charge in [0.15, 0.2) is 5.82 Å². The minimum atomic E-state index is -0.285. The standard InChI is InChI=1S/C23H28N6O3.H2S/c1-6-19-18(15(4)32-28-19)12-31-17-9-7-16(8-10-17)11-24-23-25-13(2)20-21(27-23)29(5)14(3)22(30)26-20;/h7-10,14H,6,11-12H2,1-5H3,(H,26,30)(H,24,25,27);1H2/t14-;/m0./s1. The molecule has 0 saturated heterocycles. The van der Waals surface area contributed by atoms with E-state index in [0.29, 0.717) is 30.6 Å². The van der Waals surface area contributed by atoms with Crippen LogP contribution in [0.3, 0.4) is 0 Å². The van der Waals surface area contributed by atoms with E-state index in [9.17, 15) is 4.79 Å². The lowest BCUT2D eigenvalue weighted by Crippen LogP contribution is -2.44. The Bertz CT molecular complexity index is 1130. The monoisotopic (exact) mass is 470 g/mol. The lowest BCUT2D eigenvalue weighted by atomic mass is 10.1. The number of aromatic nitrogens is 3. The molecule has 3 heterocycles. The number of aryl methyl sites for hydroxylation is 3. The number of benzene rings is 1. The van der Waals surface area contributed by atoms with Crippen molar-refractivity contribution in [3.63, 3.8) is 0 Å². The van der Waals surface area contributed by atoms with Gasteiger partial charge in [0, 0.05) is 13.6 Å². The molecular weight excluding hydrogens is 440 g/mol. The van der Waals surface area contributed by atoms with E-state index in [2.05, 4.69) is 25.8 Å². The van der Waals surface area contributed by atoms with E-state index in [4.69, 9.17) is 9.26 Å². The van der Waals surface area contributed by atoms with E-state index in [1.54, 1.807) is 0 Å². The van der Waals surface area contributed by atoms with Crippen LogP contribution in [0.4, 0.5) is 17.5 Å². The number of nitrogens with one attached hydrogen (secondary N) is 2. The fourth-order valence-electron chi connectivity index (χ4n) is 3.57. The van der Waals surface area contributed by atoms with Gasteiger partial charge < -0.3 is 24.8 Å². The number of amides is 1. The fourth-order valence-corrected chi connectivity index (χ4v) is 3.57. The number of hydrogen-bond donors (Lipinski definition) is 2. The zero-order valence-corrected chi connectivity index (χ0v) is 20.5. The molecule has 3 aromatic rings. The largest absolute Gasteiger partial charge is 0.489 e. The molecule has 1 atom stereocenters. The molecule has 0 spiro atoms. The molecule has 0 radical (unpaired) electrons. The summed E-state index contributed by atoms with van der Waals surface area (Å²) in [5.41, 5.74) is 4.40. The number of likely N-dealkylation sites (N-methyl/N-ethyl adjacent to an activating group) is 1. The summed E-state index contributed by atoms with van der Waals surface area (Å²) in [6.45, 7) is 8.65. The molecule has 0 saturated carbocycles. The van der Waals surface area contributed by atoms with Crippen molar-refractivity contribution in [1.29, 1.82) is 0 Å². The topological polar surface area (TPSA) is 105 Å². The minimum Gasteiger partial charge on any atom is -0.489 e. The summed E-state index contributed by atoms with van der Waals surface area (Å²) in [6, 6.07) is 7.60. The van der Waals surface area contributed by atoms with Crippen molar-refractivity contribution < 1.29 is 14.1 Å². The molecule has 176 valence electrons. The number of carbonyl (C=O) groups excluding carboxylic acids is 1. The van der Waals surface area contributed by atoms with Gasteiger partial charge in [-0.05, 0) is 44.9 Å². The SMILES string of the molecule is CCc1noc(C)c1COc1ccc(CNc2nc(C)c3c(n2)N(C)[C@@H](C)C(=O)N3)cc1.S. The number of carbonyl (C=O) groups is 1. The lowest BCUT2D eigenvalue weighted by molar-refractivity contribution is -0.117. The summed E-state index contributed by atoms with van der Waals surface area (Å²) in [6.07, 6.45) is 0.811. The maximum atomic E-state index is 12.1. The van der Waals surface area contributed by atoms with Crippen molar-refractivity contribution in [1.82, 2.24) is 15.1 Å². The molecule has 4 rings (SSSR count). The maximum Gasteiger partial charge on any atom is 0.246 e. The van der Waals surface area contributed by atoms with Crippen molar-refractivity contribution in [3.8, 4) is 5.75 Å². The summed E-state index contributed by atoms with van der Waals surface area (Å²) in [7, 11) is 1.86. The molecule has 33 heavy (non-hydrogen) atoms. The second kappa shape index (κ2) is 10.1. The van der Waals surface area contributed by atoms with Gasteiger partial charge in [-0.3, -0.25) is 4.79 Å². The molecule has 0 fully saturated rings. The highest BCUT2D eigenvalue weighted by atomic mass is 32.1. The minimum absolute atomic E-state index is 0. The number of rotatable bonds is 7. The van der Waals surface area contributed by atoms with Gasteiger partial charge in [0.05, 0.1) is 17.0 Å². The molecule has 0 bridgehead atoms. The fraction of sp³-hybridized carbons (Fsp3) is 0.391. The van der Waals surface area contributed by atoms with Crippen LogP contribution < -0.4 is 20.3 Å². The highest BCUT2D eigenvalue weighted by molar-refractivity contribution is 7.59. The summed E-state index contributed by atoms with van der Waals surface area (Å²) in [4.78, 5) is 23.0. The van der Waals surface area contributed by atoms with E-state index in [-0.39, 0.29) is 25.4 Å². The first kappa shape index (κ1) is 24.4. The van der Waals surface area contributed by atoms with Gasteiger partial charge in [-0.25, -0.2) is 4.98 Å². The zero-order valence-electron chi connectivity index (χ0n) is 19.5. The van der Waals surface area contributed by atoms with Gasteiger partial charge in [-0.1, -0.05) is 24.2 Å². The summed E-state index contributed by atoms with van der Waals surface area (Å²) >= 11 is 0. The van der Waals surface area contributed by atoms with Crippen LogP contribution in [0.1, 0.15) is 42.1 Å². The van der Waals surface area contributed by atoms with Crippen LogP contribution in [0.25, 0.3) is 0 Å². The number of anilines is 3. The van der Waals surface area contributed by atoms with Crippen LogP contribution in [-0.2, 0) is 24.4 Å². The van der Waals surface area contributed by atoms with Crippen LogP contribution in [0, 0.1) is 13.8 Å². The molecule has 1 aromatic carbocycles. The average Bonchev–Trinajstić information content (AvgIpc) is 3.15. The molecule has 1 aliphatic heterocycles. The Balaban J connectivity index is 0.00000306. The predicted molar refractivity (Wildman–Crippen MR) is 132 cm³/mol. The lowest BCUT2D eigenvalue weighted by Gasteiger charge is -2.32. The predicted octanol–water partition coefficient (Wildman–Crippen LogP) is 3.72. The smallest absolute Gasteiger partial charge is 0.246 e. The van der Waals surface area contributed by atoms with Crippen molar-refractivity contribution >= 4 is 36.9 Å². The third-order valence-corrected chi connectivity index (χ3v) is 5.77. The first-order valence-electron chi connectivity index (χ1n) is 10.7. The molecule has 2 N–H and O–H groups in total. The number of fused-ring (bicyclic) bond motifs is 1. The normalized spacial score (nSPS) is 14.9. The highest BCUT2D eigenvalue weighted by Crippen LogP contribution is 2.32. The summed E-state index contributed by atoms with van der Waals surface area (Å²) in [5.74, 6) is 2.75. The van der Waals surface area contributed by atoms with E-state index >= 15 is 0 Å². The van der Waals surface area contributed by atoms with Crippen molar-refractivity contribution in [3.05, 3.63) is 52.5 Å². The third-order valence-electron chi connectivity index (χ3n) is 5.77. The Morgan fingerprint density at radius 1 is 1.21 bits per heavy atom. The van der Waals surface area contributed by atoms with Gasteiger partial charge in [0.25, 0.3) is 0 Å². The van der Waals surface area contributed by atoms with E-state index < -0.39 is 0 Å². The molecule has 1 amide bonds. The van der Waals surface area contributed by atoms with E-state index in [1.807, 2.05) is 63.9 Å². The molecule has 9 nitrogen and oxygen atoms in total. The van der Waals surface area contributed by atoms with E-state index in [1.165, 1.54) is 0 Å². The maximum absolute atomic E-state index is 12.1. The molecule has 10 heteroatoms. The average molecular weight is 471 g/mol. The number of ether oxygens (including phenoxy) is 1. The van der Waals surface area contributed by atoms with Crippen LogP contribution in [-0.4, -0.2) is 34.1 Å². The van der Waals surface area contributed by atoms with Crippen molar-refractivity contribution in [2.24, 2.45) is 0 Å². The molecule has 2 aromatic heterocycles. The van der Waals surface area contributed by atoms with Crippen LogP contribution >= 0.6 is 13.5 Å². The highest BCUT2D eigenvalue weighted by Gasteiger charge is 2.30. The first-order valence-corrected chi connectivity index (χ1v) is 10.7. The molecule has 0 unspecified atom stereocenters. The quantitative estimate of drug-likeness (QED) is 0.538. The van der Waals surface area contributed by atoms with Crippen LogP contribution in [0.5, 0.6) is 5.75 Å². The molecule has 1 aliphatic rings. The molecule has 0 aliphatic carbocycles. The Hall–Kier alpha value is -3.27. The van der Waals surface area contributed by atoms with Gasteiger partial charge >= 0.3 is 0 Å². The van der Waals surface area contributed by atoms with Gasteiger partial charge in [-0.15, -0.1) is 0 Å². The summed E-state index contributed by atoms with van der Waals surface area (Å²) < 4.78 is 11.2. The summed E-state index contributed by atoms with van der Waals surface area (Å²) in [5, 5.41) is 10.2.